The highest BCUT2D eigenvalue weighted by atomic mass is 16.4. The molecule has 2 N–H and O–H groups in total. The van der Waals surface area contributed by atoms with Crippen LogP contribution in [0.1, 0.15) is 52.4 Å². The van der Waals surface area contributed by atoms with Gasteiger partial charge in [0.25, 0.3) is 0 Å². The van der Waals surface area contributed by atoms with Crippen LogP contribution < -0.4 is 5.32 Å². The summed E-state index contributed by atoms with van der Waals surface area (Å²) in [5.74, 6) is -0.787. The van der Waals surface area contributed by atoms with Crippen LogP contribution in [0.3, 0.4) is 0 Å². The first-order chi connectivity index (χ1) is 9.93. The molecule has 0 aromatic carbocycles. The third-order valence-corrected chi connectivity index (χ3v) is 4.30. The lowest BCUT2D eigenvalue weighted by Crippen LogP contribution is -2.49. The van der Waals surface area contributed by atoms with E-state index in [2.05, 4.69) is 11.9 Å². The van der Waals surface area contributed by atoms with Crippen LogP contribution in [0.5, 0.6) is 0 Å². The van der Waals surface area contributed by atoms with Gasteiger partial charge in [0, 0.05) is 19.1 Å². The van der Waals surface area contributed by atoms with E-state index in [1.54, 1.807) is 11.0 Å². The third-order valence-electron chi connectivity index (χ3n) is 4.30. The van der Waals surface area contributed by atoms with Gasteiger partial charge in [0.05, 0.1) is 5.41 Å². The van der Waals surface area contributed by atoms with Crippen LogP contribution in [-0.4, -0.2) is 41.1 Å². The fourth-order valence-electron chi connectivity index (χ4n) is 2.89. The van der Waals surface area contributed by atoms with E-state index < -0.39 is 11.4 Å². The minimum absolute atomic E-state index is 0.0536. The number of nitrogens with zero attached hydrogens (tertiary/aromatic N) is 1. The van der Waals surface area contributed by atoms with Gasteiger partial charge in [-0.05, 0) is 26.7 Å². The van der Waals surface area contributed by atoms with Gasteiger partial charge in [0.15, 0.2) is 0 Å². The molecule has 1 aliphatic rings. The molecule has 0 unspecified atom stereocenters. The summed E-state index contributed by atoms with van der Waals surface area (Å²) in [6, 6.07) is -0.160. The molecule has 5 nitrogen and oxygen atoms in total. The lowest BCUT2D eigenvalue weighted by atomic mass is 9.80. The van der Waals surface area contributed by atoms with Gasteiger partial charge in [-0.2, -0.15) is 0 Å². The monoisotopic (exact) mass is 296 g/mol. The Morgan fingerprint density at radius 2 is 1.86 bits per heavy atom. The summed E-state index contributed by atoms with van der Waals surface area (Å²) >= 11 is 0. The summed E-state index contributed by atoms with van der Waals surface area (Å²) in [5.41, 5.74) is -0.803. The number of rotatable bonds is 6. The van der Waals surface area contributed by atoms with Crippen molar-refractivity contribution in [1.82, 2.24) is 10.2 Å². The van der Waals surface area contributed by atoms with Crippen molar-refractivity contribution in [3.8, 4) is 0 Å². The van der Waals surface area contributed by atoms with Gasteiger partial charge in [0.1, 0.15) is 0 Å². The number of aliphatic carboxylic acids is 1. The second-order valence-corrected chi connectivity index (χ2v) is 6.19. The lowest BCUT2D eigenvalue weighted by Gasteiger charge is -2.31. The lowest BCUT2D eigenvalue weighted by molar-refractivity contribution is -0.149. The van der Waals surface area contributed by atoms with E-state index in [9.17, 15) is 14.7 Å². The quantitative estimate of drug-likeness (QED) is 0.584. The number of urea groups is 1. The molecule has 0 aromatic heterocycles. The second-order valence-electron chi connectivity index (χ2n) is 6.19. The number of hydrogen-bond acceptors (Lipinski definition) is 2. The largest absolute Gasteiger partial charge is 0.481 e. The van der Waals surface area contributed by atoms with Crippen LogP contribution in [0.15, 0.2) is 12.7 Å². The van der Waals surface area contributed by atoms with Crippen molar-refractivity contribution >= 4 is 12.0 Å². The fraction of sp³-hybridized carbons (Fsp3) is 0.750. The molecule has 1 rings (SSSR count). The van der Waals surface area contributed by atoms with E-state index in [0.717, 1.165) is 25.7 Å². The maximum absolute atomic E-state index is 12.2. The van der Waals surface area contributed by atoms with Gasteiger partial charge < -0.3 is 15.3 Å². The zero-order valence-corrected chi connectivity index (χ0v) is 13.2. The van der Waals surface area contributed by atoms with Crippen molar-refractivity contribution in [2.75, 3.05) is 13.1 Å². The molecule has 0 aliphatic heterocycles. The highest BCUT2D eigenvalue weighted by molar-refractivity contribution is 5.78. The molecule has 2 amide bonds. The molecule has 0 saturated heterocycles. The standard InChI is InChI=1S/C16H28N2O3/c1-4-11-18(13(2)3)15(21)17-12-16(14(19)20)9-7-5-6-8-10-16/h4,13H,1,5-12H2,2-3H3,(H,17,21)(H,19,20). The van der Waals surface area contributed by atoms with E-state index in [4.69, 9.17) is 0 Å². The Labute approximate surface area is 127 Å². The number of amides is 2. The Kier molecular flexibility index (Phi) is 6.72. The molecule has 5 heteroatoms. The minimum Gasteiger partial charge on any atom is -0.481 e. The van der Waals surface area contributed by atoms with Crippen molar-refractivity contribution in [2.45, 2.75) is 58.4 Å². The number of carboxylic acid groups (broad SMARTS) is 1. The average Bonchev–Trinajstić information content (AvgIpc) is 2.68. The highest BCUT2D eigenvalue weighted by Gasteiger charge is 2.39. The zero-order chi connectivity index (χ0) is 15.9. The van der Waals surface area contributed by atoms with Gasteiger partial charge in [-0.15, -0.1) is 6.58 Å². The first-order valence-electron chi connectivity index (χ1n) is 7.82. The van der Waals surface area contributed by atoms with E-state index in [1.165, 1.54) is 0 Å². The van der Waals surface area contributed by atoms with E-state index >= 15 is 0 Å². The summed E-state index contributed by atoms with van der Waals surface area (Å²) in [7, 11) is 0. The van der Waals surface area contributed by atoms with Crippen molar-refractivity contribution in [1.29, 1.82) is 0 Å². The summed E-state index contributed by atoms with van der Waals surface area (Å²) in [4.78, 5) is 25.6. The molecule has 1 aliphatic carbocycles. The van der Waals surface area contributed by atoms with Gasteiger partial charge in [0.2, 0.25) is 0 Å². The summed E-state index contributed by atoms with van der Waals surface area (Å²) in [6.45, 7) is 8.19. The Balaban J connectivity index is 2.70. The van der Waals surface area contributed by atoms with Gasteiger partial charge in [-0.1, -0.05) is 31.8 Å². The topological polar surface area (TPSA) is 69.6 Å². The van der Waals surface area contributed by atoms with E-state index in [-0.39, 0.29) is 18.6 Å². The van der Waals surface area contributed by atoms with Crippen LogP contribution in [0.25, 0.3) is 0 Å². The molecule has 120 valence electrons. The molecular weight excluding hydrogens is 268 g/mol. The van der Waals surface area contributed by atoms with Crippen LogP contribution in [0, 0.1) is 5.41 Å². The molecule has 0 spiro atoms. The van der Waals surface area contributed by atoms with Crippen molar-refractivity contribution < 1.29 is 14.7 Å². The first kappa shape index (κ1) is 17.5. The Bertz CT molecular complexity index is 372. The van der Waals surface area contributed by atoms with Gasteiger partial charge in [-0.25, -0.2) is 4.79 Å². The van der Waals surface area contributed by atoms with Crippen LogP contribution >= 0.6 is 0 Å². The van der Waals surface area contributed by atoms with Crippen LogP contribution in [0.4, 0.5) is 4.79 Å². The SMILES string of the molecule is C=CCN(C(=O)NCC1(C(=O)O)CCCCCC1)C(C)C. The smallest absolute Gasteiger partial charge is 0.317 e. The molecular formula is C16H28N2O3. The number of carbonyl (C=O) groups excluding carboxylic acids is 1. The minimum atomic E-state index is -0.803. The Morgan fingerprint density at radius 1 is 1.29 bits per heavy atom. The predicted molar refractivity (Wildman–Crippen MR) is 83.2 cm³/mol. The van der Waals surface area contributed by atoms with E-state index in [0.29, 0.717) is 19.4 Å². The van der Waals surface area contributed by atoms with Gasteiger partial charge >= 0.3 is 12.0 Å². The molecule has 0 heterocycles. The third kappa shape index (κ3) is 4.76. The Morgan fingerprint density at radius 3 is 2.29 bits per heavy atom. The second kappa shape index (κ2) is 8.05. The predicted octanol–water partition coefficient (Wildman–Crippen LogP) is 3.02. The molecule has 21 heavy (non-hydrogen) atoms. The van der Waals surface area contributed by atoms with Crippen molar-refractivity contribution in [2.24, 2.45) is 5.41 Å². The summed E-state index contributed by atoms with van der Waals surface area (Å²) in [5, 5.41) is 12.4. The number of carboxylic acids is 1. The zero-order valence-electron chi connectivity index (χ0n) is 13.2. The molecule has 0 atom stereocenters. The highest BCUT2D eigenvalue weighted by Crippen LogP contribution is 2.34. The average molecular weight is 296 g/mol. The fourth-order valence-corrected chi connectivity index (χ4v) is 2.89. The molecule has 1 fully saturated rings. The Hall–Kier alpha value is -1.52. The van der Waals surface area contributed by atoms with Crippen LogP contribution in [0.2, 0.25) is 0 Å². The number of nitrogens with one attached hydrogen (secondary N) is 1. The van der Waals surface area contributed by atoms with Crippen molar-refractivity contribution in [3.63, 3.8) is 0 Å². The molecule has 0 aromatic rings. The molecule has 0 bridgehead atoms. The van der Waals surface area contributed by atoms with Gasteiger partial charge in [-0.3, -0.25) is 4.79 Å². The normalized spacial score (nSPS) is 17.9. The summed E-state index contributed by atoms with van der Waals surface area (Å²) < 4.78 is 0. The van der Waals surface area contributed by atoms with E-state index in [1.807, 2.05) is 13.8 Å². The van der Waals surface area contributed by atoms with Crippen molar-refractivity contribution in [3.05, 3.63) is 12.7 Å². The molecule has 1 saturated carbocycles. The summed E-state index contributed by atoms with van der Waals surface area (Å²) in [6.07, 6.45) is 6.97. The molecule has 0 radical (unpaired) electrons. The maximum atomic E-state index is 12.2. The first-order valence-corrected chi connectivity index (χ1v) is 7.82. The van der Waals surface area contributed by atoms with Crippen LogP contribution in [-0.2, 0) is 4.79 Å². The number of carbonyl (C=O) groups is 2. The maximum Gasteiger partial charge on any atom is 0.317 e. The number of hydrogen-bond donors (Lipinski definition) is 2.